The van der Waals surface area contributed by atoms with Gasteiger partial charge in [-0.15, -0.1) is 6.42 Å². The van der Waals surface area contributed by atoms with E-state index < -0.39 is 0 Å². The first-order chi connectivity index (χ1) is 9.10. The zero-order valence-corrected chi connectivity index (χ0v) is 11.0. The van der Waals surface area contributed by atoms with Gasteiger partial charge in [-0.2, -0.15) is 0 Å². The minimum Gasteiger partial charge on any atom is -0.322 e. The number of hydrogen-bond donors (Lipinski definition) is 1. The van der Waals surface area contributed by atoms with E-state index >= 15 is 0 Å². The molecular formula is C17H15NO. The summed E-state index contributed by atoms with van der Waals surface area (Å²) in [5, 5.41) is 2.85. The highest BCUT2D eigenvalue weighted by Gasteiger charge is 2.07. The first-order valence-electron chi connectivity index (χ1n) is 6.05. The first-order valence-corrected chi connectivity index (χ1v) is 6.05. The number of carbonyl (C=O) groups is 1. The summed E-state index contributed by atoms with van der Waals surface area (Å²) in [5.74, 6) is 2.42. The summed E-state index contributed by atoms with van der Waals surface area (Å²) in [7, 11) is 0. The number of nitrogens with one attached hydrogen (secondary N) is 1. The summed E-state index contributed by atoms with van der Waals surface area (Å²) in [6.07, 6.45) is 5.33. The Morgan fingerprint density at radius 3 is 2.58 bits per heavy atom. The van der Waals surface area contributed by atoms with Crippen molar-refractivity contribution in [1.82, 2.24) is 0 Å². The van der Waals surface area contributed by atoms with Gasteiger partial charge in [0, 0.05) is 16.8 Å². The molecule has 0 aliphatic rings. The molecule has 0 atom stereocenters. The molecule has 0 heterocycles. The van der Waals surface area contributed by atoms with Crippen LogP contribution in [-0.4, -0.2) is 5.91 Å². The van der Waals surface area contributed by atoms with Crippen molar-refractivity contribution in [2.75, 3.05) is 5.32 Å². The molecule has 0 aromatic heterocycles. The molecule has 0 spiro atoms. The van der Waals surface area contributed by atoms with Crippen LogP contribution in [-0.2, 0) is 0 Å². The number of carbonyl (C=O) groups excluding carboxylic acids is 1. The zero-order chi connectivity index (χ0) is 13.8. The second-order valence-corrected chi connectivity index (χ2v) is 4.48. The van der Waals surface area contributed by atoms with Gasteiger partial charge in [0.1, 0.15) is 0 Å². The molecule has 2 nitrogen and oxygen atoms in total. The van der Waals surface area contributed by atoms with Crippen LogP contribution in [0.2, 0.25) is 0 Å². The van der Waals surface area contributed by atoms with Crippen LogP contribution in [0.3, 0.4) is 0 Å². The van der Waals surface area contributed by atoms with Gasteiger partial charge >= 0.3 is 0 Å². The van der Waals surface area contributed by atoms with Gasteiger partial charge in [0.05, 0.1) is 0 Å². The second kappa shape index (κ2) is 5.41. The van der Waals surface area contributed by atoms with Crippen LogP contribution in [0.15, 0.2) is 42.5 Å². The van der Waals surface area contributed by atoms with Crippen molar-refractivity contribution in [3.05, 3.63) is 64.7 Å². The van der Waals surface area contributed by atoms with E-state index in [4.69, 9.17) is 6.42 Å². The normalized spacial score (nSPS) is 9.74. The molecule has 2 heteroatoms. The Bertz CT molecular complexity index is 665. The van der Waals surface area contributed by atoms with Crippen molar-refractivity contribution in [3.63, 3.8) is 0 Å². The quantitative estimate of drug-likeness (QED) is 0.810. The summed E-state index contributed by atoms with van der Waals surface area (Å²) < 4.78 is 0. The number of hydrogen-bond acceptors (Lipinski definition) is 1. The Hall–Kier alpha value is -2.53. The Balaban J connectivity index is 2.21. The Labute approximate surface area is 113 Å². The van der Waals surface area contributed by atoms with Crippen molar-refractivity contribution in [1.29, 1.82) is 0 Å². The predicted octanol–water partition coefficient (Wildman–Crippen LogP) is 3.54. The summed E-state index contributed by atoms with van der Waals surface area (Å²) in [6, 6.07) is 12.9. The molecule has 2 rings (SSSR count). The van der Waals surface area contributed by atoms with Crippen molar-refractivity contribution in [3.8, 4) is 12.3 Å². The van der Waals surface area contributed by atoms with E-state index in [-0.39, 0.29) is 5.91 Å². The molecule has 0 saturated heterocycles. The molecule has 0 fully saturated rings. The maximum absolute atomic E-state index is 12.1. The van der Waals surface area contributed by atoms with Gasteiger partial charge in [-0.1, -0.05) is 18.1 Å². The van der Waals surface area contributed by atoms with Crippen LogP contribution in [0, 0.1) is 26.2 Å². The fourth-order valence-corrected chi connectivity index (χ4v) is 1.77. The van der Waals surface area contributed by atoms with Crippen LogP contribution in [0.25, 0.3) is 0 Å². The van der Waals surface area contributed by atoms with Crippen molar-refractivity contribution >= 4 is 11.6 Å². The van der Waals surface area contributed by atoms with Gasteiger partial charge < -0.3 is 5.32 Å². The minimum atomic E-state index is -0.128. The molecule has 0 radical (unpaired) electrons. The molecule has 0 bridgehead atoms. The molecule has 2 aromatic carbocycles. The minimum absolute atomic E-state index is 0.128. The predicted molar refractivity (Wildman–Crippen MR) is 78.2 cm³/mol. The third-order valence-corrected chi connectivity index (χ3v) is 3.06. The summed E-state index contributed by atoms with van der Waals surface area (Å²) in [5.41, 5.74) is 4.38. The second-order valence-electron chi connectivity index (χ2n) is 4.48. The molecule has 0 saturated carbocycles. The number of aryl methyl sites for hydroxylation is 2. The van der Waals surface area contributed by atoms with E-state index in [0.717, 1.165) is 11.1 Å². The summed E-state index contributed by atoms with van der Waals surface area (Å²) >= 11 is 0. The Morgan fingerprint density at radius 2 is 1.89 bits per heavy atom. The zero-order valence-electron chi connectivity index (χ0n) is 11.0. The highest BCUT2D eigenvalue weighted by molar-refractivity contribution is 6.04. The Kier molecular flexibility index (Phi) is 3.68. The molecule has 0 unspecified atom stereocenters. The average Bonchev–Trinajstić information content (AvgIpc) is 2.42. The number of amides is 1. The number of rotatable bonds is 2. The lowest BCUT2D eigenvalue weighted by molar-refractivity contribution is 0.102. The maximum Gasteiger partial charge on any atom is 0.255 e. The fourth-order valence-electron chi connectivity index (χ4n) is 1.77. The highest BCUT2D eigenvalue weighted by Crippen LogP contribution is 2.14. The standard InChI is InChI=1S/C17H15NO/c1-4-14-6-5-7-16(11-14)18-17(19)15-9-8-12(2)13(3)10-15/h1,5-11H,2-3H3,(H,18,19). The third-order valence-electron chi connectivity index (χ3n) is 3.06. The summed E-state index contributed by atoms with van der Waals surface area (Å²) in [4.78, 5) is 12.1. The van der Waals surface area contributed by atoms with Gasteiger partial charge in [-0.3, -0.25) is 4.79 Å². The van der Waals surface area contributed by atoms with Gasteiger partial charge in [0.15, 0.2) is 0 Å². The smallest absolute Gasteiger partial charge is 0.255 e. The SMILES string of the molecule is C#Cc1cccc(NC(=O)c2ccc(C)c(C)c2)c1. The van der Waals surface area contributed by atoms with Crippen LogP contribution >= 0.6 is 0 Å². The third kappa shape index (κ3) is 3.02. The number of benzene rings is 2. The van der Waals surface area contributed by atoms with Crippen molar-refractivity contribution in [2.45, 2.75) is 13.8 Å². The van der Waals surface area contributed by atoms with Crippen LogP contribution in [0.5, 0.6) is 0 Å². The molecule has 1 N–H and O–H groups in total. The lowest BCUT2D eigenvalue weighted by atomic mass is 10.1. The summed E-state index contributed by atoms with van der Waals surface area (Å²) in [6.45, 7) is 4.01. The van der Waals surface area contributed by atoms with E-state index in [1.54, 1.807) is 6.07 Å². The number of terminal acetylenes is 1. The van der Waals surface area contributed by atoms with Gasteiger partial charge in [0.2, 0.25) is 0 Å². The average molecular weight is 249 g/mol. The molecule has 0 aliphatic carbocycles. The van der Waals surface area contributed by atoms with Crippen molar-refractivity contribution in [2.24, 2.45) is 0 Å². The topological polar surface area (TPSA) is 29.1 Å². The molecule has 0 aliphatic heterocycles. The maximum atomic E-state index is 12.1. The Morgan fingerprint density at radius 1 is 1.11 bits per heavy atom. The number of anilines is 1. The van der Waals surface area contributed by atoms with Crippen LogP contribution in [0.1, 0.15) is 27.0 Å². The highest BCUT2D eigenvalue weighted by atomic mass is 16.1. The largest absolute Gasteiger partial charge is 0.322 e. The van der Waals surface area contributed by atoms with Gasteiger partial charge in [0.25, 0.3) is 5.91 Å². The van der Waals surface area contributed by atoms with Gasteiger partial charge in [-0.25, -0.2) is 0 Å². The molecule has 19 heavy (non-hydrogen) atoms. The monoisotopic (exact) mass is 249 g/mol. The molecule has 94 valence electrons. The van der Waals surface area contributed by atoms with Crippen LogP contribution in [0.4, 0.5) is 5.69 Å². The van der Waals surface area contributed by atoms with E-state index in [2.05, 4.69) is 11.2 Å². The molecular weight excluding hydrogens is 234 g/mol. The lowest BCUT2D eigenvalue weighted by Crippen LogP contribution is -2.12. The molecule has 2 aromatic rings. The van der Waals surface area contributed by atoms with E-state index in [9.17, 15) is 4.79 Å². The van der Waals surface area contributed by atoms with E-state index in [0.29, 0.717) is 11.3 Å². The van der Waals surface area contributed by atoms with Gasteiger partial charge in [-0.05, 0) is 55.3 Å². The molecule has 1 amide bonds. The van der Waals surface area contributed by atoms with E-state index in [1.807, 2.05) is 50.2 Å². The van der Waals surface area contributed by atoms with Crippen LogP contribution < -0.4 is 5.32 Å². The van der Waals surface area contributed by atoms with E-state index in [1.165, 1.54) is 5.56 Å². The van der Waals surface area contributed by atoms with Crippen molar-refractivity contribution < 1.29 is 4.79 Å². The lowest BCUT2D eigenvalue weighted by Gasteiger charge is -2.07. The fraction of sp³-hybridized carbons (Fsp3) is 0.118. The first kappa shape index (κ1) is 12.9.